The fraction of sp³-hybridized carbons (Fsp3) is 0.217. The number of nitrogens with one attached hydrogen (secondary N) is 1. The summed E-state index contributed by atoms with van der Waals surface area (Å²) in [6.07, 6.45) is 2.93. The third-order valence-electron chi connectivity index (χ3n) is 4.80. The molecule has 4 rings (SSSR count). The van der Waals surface area contributed by atoms with Crippen molar-refractivity contribution in [3.8, 4) is 11.1 Å². The topological polar surface area (TPSA) is 42.2 Å². The number of hydrogen-bond donors (Lipinski definition) is 1. The van der Waals surface area contributed by atoms with Crippen LogP contribution in [-0.4, -0.2) is 14.6 Å². The molecule has 27 heavy (non-hydrogen) atoms. The normalized spacial score (nSPS) is 11.3. The highest BCUT2D eigenvalue weighted by molar-refractivity contribution is 5.78. The van der Waals surface area contributed by atoms with Gasteiger partial charge in [0.05, 0.1) is 6.20 Å². The summed E-state index contributed by atoms with van der Waals surface area (Å²) in [6.45, 7) is 6.49. The minimum Gasteiger partial charge on any atom is -0.340 e. The molecule has 0 unspecified atom stereocenters. The Balaban J connectivity index is 1.82. The van der Waals surface area contributed by atoms with Crippen LogP contribution in [-0.2, 0) is 6.42 Å². The molecule has 0 bridgehead atoms. The second kappa shape index (κ2) is 7.23. The van der Waals surface area contributed by atoms with Crippen LogP contribution < -0.4 is 5.32 Å². The van der Waals surface area contributed by atoms with E-state index in [9.17, 15) is 0 Å². The van der Waals surface area contributed by atoms with Gasteiger partial charge < -0.3 is 5.32 Å². The number of rotatable bonds is 5. The first-order valence-corrected chi connectivity index (χ1v) is 9.45. The summed E-state index contributed by atoms with van der Waals surface area (Å²) in [5.41, 5.74) is 6.47. The van der Waals surface area contributed by atoms with Gasteiger partial charge in [0, 0.05) is 23.0 Å². The molecule has 0 amide bonds. The van der Waals surface area contributed by atoms with E-state index in [4.69, 9.17) is 4.98 Å². The summed E-state index contributed by atoms with van der Waals surface area (Å²) in [6, 6.07) is 20.9. The van der Waals surface area contributed by atoms with Gasteiger partial charge in [-0.25, -0.2) is 4.98 Å². The molecular formula is C23H24N4. The van der Waals surface area contributed by atoms with Crippen LogP contribution in [0.4, 0.5) is 11.5 Å². The molecule has 4 nitrogen and oxygen atoms in total. The lowest BCUT2D eigenvalue weighted by atomic mass is 10.1. The Morgan fingerprint density at radius 1 is 1.00 bits per heavy atom. The molecule has 0 fully saturated rings. The summed E-state index contributed by atoms with van der Waals surface area (Å²) in [5.74, 6) is 1.26. The number of aromatic nitrogens is 3. The zero-order chi connectivity index (χ0) is 18.8. The second-order valence-corrected chi connectivity index (χ2v) is 7.06. The van der Waals surface area contributed by atoms with Gasteiger partial charge in [-0.15, -0.1) is 0 Å². The zero-order valence-electron chi connectivity index (χ0n) is 16.0. The van der Waals surface area contributed by atoms with Gasteiger partial charge in [-0.1, -0.05) is 63.2 Å². The number of fused-ring (bicyclic) bond motifs is 1. The van der Waals surface area contributed by atoms with Gasteiger partial charge in [0.1, 0.15) is 5.82 Å². The van der Waals surface area contributed by atoms with Crippen LogP contribution in [0, 0.1) is 0 Å². The van der Waals surface area contributed by atoms with Gasteiger partial charge >= 0.3 is 0 Å². The van der Waals surface area contributed by atoms with Crippen molar-refractivity contribution >= 4 is 17.2 Å². The predicted octanol–water partition coefficient (Wildman–Crippen LogP) is 5.83. The standard InChI is InChI=1S/C23H24N4/c1-4-17-10-12-19(13-11-17)25-22-14-21(16(2)3)26-23-20(15-24-27(22)23)18-8-6-5-7-9-18/h5-16,25H,4H2,1-3H3. The fourth-order valence-corrected chi connectivity index (χ4v) is 3.16. The zero-order valence-corrected chi connectivity index (χ0v) is 16.0. The van der Waals surface area contributed by atoms with Crippen molar-refractivity contribution in [1.82, 2.24) is 14.6 Å². The number of aryl methyl sites for hydroxylation is 1. The minimum absolute atomic E-state index is 0.330. The number of nitrogens with zero attached hydrogens (tertiary/aromatic N) is 3. The summed E-state index contributed by atoms with van der Waals surface area (Å²) in [4.78, 5) is 4.90. The highest BCUT2D eigenvalue weighted by Gasteiger charge is 2.14. The van der Waals surface area contributed by atoms with E-state index in [2.05, 4.69) is 73.7 Å². The van der Waals surface area contributed by atoms with Gasteiger partial charge in [-0.3, -0.25) is 0 Å². The van der Waals surface area contributed by atoms with Gasteiger partial charge in [0.15, 0.2) is 5.65 Å². The van der Waals surface area contributed by atoms with Gasteiger partial charge in [-0.05, 0) is 35.6 Å². The van der Waals surface area contributed by atoms with Gasteiger partial charge in [0.25, 0.3) is 0 Å². The average Bonchev–Trinajstić information content (AvgIpc) is 3.13. The van der Waals surface area contributed by atoms with Crippen LogP contribution >= 0.6 is 0 Å². The molecule has 4 heteroatoms. The van der Waals surface area contributed by atoms with Gasteiger partial charge in [0.2, 0.25) is 0 Å². The highest BCUT2D eigenvalue weighted by atomic mass is 15.3. The Kier molecular flexibility index (Phi) is 4.63. The molecule has 4 aromatic rings. The molecule has 0 saturated carbocycles. The van der Waals surface area contributed by atoms with E-state index in [1.54, 1.807) is 0 Å². The Labute approximate surface area is 159 Å². The Hall–Kier alpha value is -3.14. The van der Waals surface area contributed by atoms with Crippen molar-refractivity contribution in [2.75, 3.05) is 5.32 Å². The largest absolute Gasteiger partial charge is 0.340 e. The maximum absolute atomic E-state index is 4.90. The Morgan fingerprint density at radius 2 is 1.74 bits per heavy atom. The van der Waals surface area contributed by atoms with Crippen LogP contribution in [0.1, 0.15) is 37.9 Å². The van der Waals surface area contributed by atoms with Crippen LogP contribution in [0.25, 0.3) is 16.8 Å². The van der Waals surface area contributed by atoms with E-state index in [-0.39, 0.29) is 0 Å². The molecule has 0 aliphatic rings. The molecule has 2 aromatic heterocycles. The lowest BCUT2D eigenvalue weighted by molar-refractivity contribution is 0.811. The van der Waals surface area contributed by atoms with Crippen molar-refractivity contribution in [3.05, 3.63) is 78.1 Å². The lowest BCUT2D eigenvalue weighted by Crippen LogP contribution is -2.05. The summed E-state index contributed by atoms with van der Waals surface area (Å²) in [5, 5.41) is 8.14. The van der Waals surface area contributed by atoms with Crippen LogP contribution in [0.2, 0.25) is 0 Å². The molecule has 0 aliphatic carbocycles. The van der Waals surface area contributed by atoms with Gasteiger partial charge in [-0.2, -0.15) is 9.61 Å². The first-order chi connectivity index (χ1) is 13.2. The van der Waals surface area contributed by atoms with Crippen LogP contribution in [0.15, 0.2) is 66.9 Å². The molecule has 0 saturated heterocycles. The van der Waals surface area contributed by atoms with Crippen molar-refractivity contribution < 1.29 is 0 Å². The third-order valence-corrected chi connectivity index (χ3v) is 4.80. The van der Waals surface area contributed by atoms with Crippen molar-refractivity contribution in [2.45, 2.75) is 33.1 Å². The number of benzene rings is 2. The molecule has 2 aromatic carbocycles. The minimum atomic E-state index is 0.330. The smallest absolute Gasteiger partial charge is 0.165 e. The fourth-order valence-electron chi connectivity index (χ4n) is 3.16. The molecular weight excluding hydrogens is 332 g/mol. The van der Waals surface area contributed by atoms with E-state index in [0.717, 1.165) is 40.4 Å². The first kappa shape index (κ1) is 17.3. The Morgan fingerprint density at radius 3 is 2.41 bits per heavy atom. The quantitative estimate of drug-likeness (QED) is 0.489. The van der Waals surface area contributed by atoms with E-state index < -0.39 is 0 Å². The summed E-state index contributed by atoms with van der Waals surface area (Å²) >= 11 is 0. The molecule has 0 spiro atoms. The lowest BCUT2D eigenvalue weighted by Gasteiger charge is -2.13. The molecule has 1 N–H and O–H groups in total. The summed E-state index contributed by atoms with van der Waals surface area (Å²) < 4.78 is 1.89. The van der Waals surface area contributed by atoms with E-state index in [1.165, 1.54) is 5.56 Å². The van der Waals surface area contributed by atoms with Crippen LogP contribution in [0.3, 0.4) is 0 Å². The van der Waals surface area contributed by atoms with E-state index in [0.29, 0.717) is 5.92 Å². The van der Waals surface area contributed by atoms with E-state index >= 15 is 0 Å². The van der Waals surface area contributed by atoms with Crippen LogP contribution in [0.5, 0.6) is 0 Å². The maximum atomic E-state index is 4.90. The average molecular weight is 356 g/mol. The maximum Gasteiger partial charge on any atom is 0.165 e. The monoisotopic (exact) mass is 356 g/mol. The summed E-state index contributed by atoms with van der Waals surface area (Å²) in [7, 11) is 0. The van der Waals surface area contributed by atoms with Crippen molar-refractivity contribution in [2.24, 2.45) is 0 Å². The molecule has 0 radical (unpaired) electrons. The van der Waals surface area contributed by atoms with Crippen molar-refractivity contribution in [1.29, 1.82) is 0 Å². The third kappa shape index (κ3) is 3.43. The first-order valence-electron chi connectivity index (χ1n) is 9.45. The Bertz CT molecular complexity index is 1050. The number of hydrogen-bond acceptors (Lipinski definition) is 3. The molecule has 0 atom stereocenters. The van der Waals surface area contributed by atoms with E-state index in [1.807, 2.05) is 28.9 Å². The molecule has 0 aliphatic heterocycles. The second-order valence-electron chi connectivity index (χ2n) is 7.06. The molecule has 2 heterocycles. The number of anilines is 2. The SMILES string of the molecule is CCc1ccc(Nc2cc(C(C)C)nc3c(-c4ccccc4)cnn23)cc1. The molecule has 136 valence electrons. The predicted molar refractivity (Wildman–Crippen MR) is 112 cm³/mol. The van der Waals surface area contributed by atoms with Crippen molar-refractivity contribution in [3.63, 3.8) is 0 Å². The highest BCUT2D eigenvalue weighted by Crippen LogP contribution is 2.28.